The molecule has 134 valence electrons. The van der Waals surface area contributed by atoms with E-state index in [0.717, 1.165) is 17.1 Å². The summed E-state index contributed by atoms with van der Waals surface area (Å²) < 4.78 is 14.1. The normalized spacial score (nSPS) is 10.7. The van der Waals surface area contributed by atoms with Gasteiger partial charge in [0.2, 0.25) is 0 Å². The van der Waals surface area contributed by atoms with Crippen LogP contribution in [0.3, 0.4) is 0 Å². The van der Waals surface area contributed by atoms with Crippen LogP contribution in [0.1, 0.15) is 6.42 Å². The number of halogens is 2. The van der Waals surface area contributed by atoms with Crippen LogP contribution < -0.4 is 10.9 Å². The van der Waals surface area contributed by atoms with Crippen LogP contribution in [0, 0.1) is 5.82 Å². The minimum Gasteiger partial charge on any atom is -0.382 e. The molecule has 3 rings (SSSR count). The zero-order valence-electron chi connectivity index (χ0n) is 13.9. The molecule has 1 aromatic heterocycles. The van der Waals surface area contributed by atoms with E-state index in [1.807, 2.05) is 18.2 Å². The highest BCUT2D eigenvalue weighted by Crippen LogP contribution is 2.20. The molecule has 0 spiro atoms. The highest BCUT2D eigenvalue weighted by molar-refractivity contribution is 7.99. The monoisotopic (exact) mass is 389 g/mol. The van der Waals surface area contributed by atoms with Crippen LogP contribution in [-0.4, -0.2) is 22.1 Å². The van der Waals surface area contributed by atoms with Crippen LogP contribution in [0.5, 0.6) is 0 Å². The first-order valence-electron chi connectivity index (χ1n) is 8.10. The number of para-hydroxylation sites is 1. The van der Waals surface area contributed by atoms with Crippen molar-refractivity contribution in [2.45, 2.75) is 11.3 Å². The largest absolute Gasteiger partial charge is 0.382 e. The van der Waals surface area contributed by atoms with Gasteiger partial charge in [-0.2, -0.15) is 9.78 Å². The van der Waals surface area contributed by atoms with Crippen molar-refractivity contribution >= 4 is 29.1 Å². The minimum absolute atomic E-state index is 0.120. The van der Waals surface area contributed by atoms with Gasteiger partial charge in [-0.05, 0) is 48.6 Å². The standard InChI is InChI=1S/C19H17ClFN3OS/c20-18-17(13-23-24(19(18)25)15-5-2-1-3-6-15)22-11-4-12-26-16-9-7-14(21)8-10-16/h1-3,5-10,13,22H,4,11-12H2. The number of anilines is 1. The summed E-state index contributed by atoms with van der Waals surface area (Å²) >= 11 is 7.85. The molecular formula is C19H17ClFN3OS. The number of thioether (sulfide) groups is 1. The van der Waals surface area contributed by atoms with Gasteiger partial charge in [-0.25, -0.2) is 4.39 Å². The van der Waals surface area contributed by atoms with E-state index in [2.05, 4.69) is 10.4 Å². The van der Waals surface area contributed by atoms with Gasteiger partial charge in [0.1, 0.15) is 10.8 Å². The van der Waals surface area contributed by atoms with Crippen LogP contribution in [0.15, 0.2) is 70.5 Å². The fraction of sp³-hybridized carbons (Fsp3) is 0.158. The summed E-state index contributed by atoms with van der Waals surface area (Å²) in [6.07, 6.45) is 2.42. The Morgan fingerprint density at radius 2 is 1.85 bits per heavy atom. The van der Waals surface area contributed by atoms with Crippen molar-refractivity contribution in [1.82, 2.24) is 9.78 Å². The quantitative estimate of drug-likeness (QED) is 0.473. The average Bonchev–Trinajstić information content (AvgIpc) is 2.67. The third kappa shape index (κ3) is 4.65. The second-order valence-corrected chi connectivity index (χ2v) is 7.05. The van der Waals surface area contributed by atoms with Crippen LogP contribution >= 0.6 is 23.4 Å². The van der Waals surface area contributed by atoms with Gasteiger partial charge in [0.25, 0.3) is 5.56 Å². The van der Waals surface area contributed by atoms with Crippen molar-refractivity contribution in [2.24, 2.45) is 0 Å². The molecule has 26 heavy (non-hydrogen) atoms. The van der Waals surface area contributed by atoms with E-state index in [0.29, 0.717) is 17.9 Å². The van der Waals surface area contributed by atoms with E-state index in [1.165, 1.54) is 16.8 Å². The summed E-state index contributed by atoms with van der Waals surface area (Å²) in [5.41, 5.74) is 0.834. The highest BCUT2D eigenvalue weighted by atomic mass is 35.5. The molecule has 0 radical (unpaired) electrons. The van der Waals surface area contributed by atoms with Gasteiger partial charge in [-0.1, -0.05) is 29.8 Å². The first-order chi connectivity index (χ1) is 12.6. The van der Waals surface area contributed by atoms with Crippen LogP contribution in [0.25, 0.3) is 5.69 Å². The molecule has 0 unspecified atom stereocenters. The Labute approximate surface area is 160 Å². The molecule has 0 aliphatic heterocycles. The van der Waals surface area contributed by atoms with Gasteiger partial charge in [0, 0.05) is 11.4 Å². The van der Waals surface area contributed by atoms with Crippen LogP contribution in [0.4, 0.5) is 10.1 Å². The van der Waals surface area contributed by atoms with E-state index in [1.54, 1.807) is 42.2 Å². The highest BCUT2D eigenvalue weighted by Gasteiger charge is 2.10. The van der Waals surface area contributed by atoms with Crippen molar-refractivity contribution < 1.29 is 4.39 Å². The van der Waals surface area contributed by atoms with Crippen LogP contribution in [0.2, 0.25) is 5.02 Å². The van der Waals surface area contributed by atoms with E-state index < -0.39 is 0 Å². The van der Waals surface area contributed by atoms with Gasteiger partial charge in [0.15, 0.2) is 0 Å². The van der Waals surface area contributed by atoms with Crippen molar-refractivity contribution in [2.75, 3.05) is 17.6 Å². The molecule has 2 aromatic carbocycles. The third-order valence-electron chi connectivity index (χ3n) is 3.64. The minimum atomic E-state index is -0.358. The summed E-state index contributed by atoms with van der Waals surface area (Å²) in [5, 5.41) is 7.45. The predicted molar refractivity (Wildman–Crippen MR) is 105 cm³/mol. The molecule has 0 saturated heterocycles. The number of aromatic nitrogens is 2. The molecule has 0 saturated carbocycles. The smallest absolute Gasteiger partial charge is 0.292 e. The molecule has 1 heterocycles. The van der Waals surface area contributed by atoms with Crippen molar-refractivity contribution in [3.63, 3.8) is 0 Å². The Morgan fingerprint density at radius 1 is 1.12 bits per heavy atom. The Bertz CT molecular complexity index is 916. The molecule has 0 atom stereocenters. The molecule has 0 aliphatic carbocycles. The number of hydrogen-bond donors (Lipinski definition) is 1. The maximum Gasteiger partial charge on any atom is 0.292 e. The Morgan fingerprint density at radius 3 is 2.58 bits per heavy atom. The lowest BCUT2D eigenvalue weighted by Gasteiger charge is -2.10. The number of nitrogens with zero attached hydrogens (tertiary/aromatic N) is 2. The summed E-state index contributed by atoms with van der Waals surface area (Å²) in [7, 11) is 0. The van der Waals surface area contributed by atoms with Gasteiger partial charge in [-0.3, -0.25) is 4.79 Å². The number of hydrogen-bond acceptors (Lipinski definition) is 4. The lowest BCUT2D eigenvalue weighted by Crippen LogP contribution is -2.22. The topological polar surface area (TPSA) is 46.9 Å². The lowest BCUT2D eigenvalue weighted by molar-refractivity contribution is 0.626. The van der Waals surface area contributed by atoms with Gasteiger partial charge in [-0.15, -0.1) is 11.8 Å². The van der Waals surface area contributed by atoms with E-state index in [4.69, 9.17) is 11.6 Å². The second kappa shape index (κ2) is 8.87. The summed E-state index contributed by atoms with van der Waals surface area (Å²) in [4.78, 5) is 13.4. The molecule has 0 aliphatic rings. The predicted octanol–water partition coefficient (Wildman–Crippen LogP) is 4.62. The first-order valence-corrected chi connectivity index (χ1v) is 9.47. The molecule has 0 bridgehead atoms. The number of nitrogens with one attached hydrogen (secondary N) is 1. The Kier molecular flexibility index (Phi) is 6.30. The third-order valence-corrected chi connectivity index (χ3v) is 5.10. The second-order valence-electron chi connectivity index (χ2n) is 5.51. The summed E-state index contributed by atoms with van der Waals surface area (Å²) in [6, 6.07) is 15.6. The summed E-state index contributed by atoms with van der Waals surface area (Å²) in [5.74, 6) is 0.633. The lowest BCUT2D eigenvalue weighted by atomic mass is 10.3. The Hall–Kier alpha value is -2.31. The first kappa shape index (κ1) is 18.5. The van der Waals surface area contributed by atoms with Gasteiger partial charge < -0.3 is 5.32 Å². The number of rotatable bonds is 7. The molecule has 0 amide bonds. The fourth-order valence-corrected chi connectivity index (χ4v) is 3.37. The molecule has 7 heteroatoms. The fourth-order valence-electron chi connectivity index (χ4n) is 2.33. The molecule has 4 nitrogen and oxygen atoms in total. The molecule has 0 fully saturated rings. The number of benzene rings is 2. The zero-order valence-corrected chi connectivity index (χ0v) is 15.4. The zero-order chi connectivity index (χ0) is 18.4. The van der Waals surface area contributed by atoms with E-state index in [-0.39, 0.29) is 16.4 Å². The van der Waals surface area contributed by atoms with Gasteiger partial charge >= 0.3 is 0 Å². The van der Waals surface area contributed by atoms with Gasteiger partial charge in [0.05, 0.1) is 17.6 Å². The SMILES string of the molecule is O=c1c(Cl)c(NCCCSc2ccc(F)cc2)cnn1-c1ccccc1. The molecule has 3 aromatic rings. The molecular weight excluding hydrogens is 373 g/mol. The van der Waals surface area contributed by atoms with Crippen molar-refractivity contribution in [1.29, 1.82) is 0 Å². The maximum absolute atomic E-state index is 12.9. The Balaban J connectivity index is 1.54. The maximum atomic E-state index is 12.9. The van der Waals surface area contributed by atoms with Crippen LogP contribution in [-0.2, 0) is 0 Å². The molecule has 1 N–H and O–H groups in total. The van der Waals surface area contributed by atoms with Crippen molar-refractivity contribution in [3.05, 3.63) is 82.0 Å². The average molecular weight is 390 g/mol. The van der Waals surface area contributed by atoms with E-state index >= 15 is 0 Å². The van der Waals surface area contributed by atoms with Crippen molar-refractivity contribution in [3.8, 4) is 5.69 Å². The van der Waals surface area contributed by atoms with E-state index in [9.17, 15) is 9.18 Å². The summed E-state index contributed by atoms with van der Waals surface area (Å²) in [6.45, 7) is 0.657.